The lowest BCUT2D eigenvalue weighted by molar-refractivity contribution is -0.385. The van der Waals surface area contributed by atoms with Crippen molar-refractivity contribution in [2.24, 2.45) is 0 Å². The molecule has 0 heterocycles. The molecule has 1 N–H and O–H groups in total. The number of ether oxygens (including phenoxy) is 2. The smallest absolute Gasteiger partial charge is 0.272 e. The molecule has 0 saturated heterocycles. The second-order valence-corrected chi connectivity index (χ2v) is 3.95. The first-order valence-electron chi connectivity index (χ1n) is 6.28. The number of hydrogen-bond donors (Lipinski definition) is 1. The van der Waals surface area contributed by atoms with Crippen LogP contribution >= 0.6 is 0 Å². The molecule has 106 valence electrons. The summed E-state index contributed by atoms with van der Waals surface area (Å²) in [5.41, 5.74) is 0.485. The summed E-state index contributed by atoms with van der Waals surface area (Å²) in [6.07, 6.45) is 0.540. The van der Waals surface area contributed by atoms with Gasteiger partial charge in [-0.2, -0.15) is 0 Å². The molecule has 0 aliphatic rings. The van der Waals surface area contributed by atoms with E-state index in [2.05, 4.69) is 0 Å². The van der Waals surface area contributed by atoms with Crippen LogP contribution in [0, 0.1) is 10.1 Å². The van der Waals surface area contributed by atoms with Crippen LogP contribution in [0.5, 0.6) is 5.75 Å². The maximum absolute atomic E-state index is 10.9. The first-order chi connectivity index (χ1) is 9.08. The van der Waals surface area contributed by atoms with Crippen molar-refractivity contribution in [1.82, 2.24) is 0 Å². The summed E-state index contributed by atoms with van der Waals surface area (Å²) in [6, 6.07) is 4.03. The fourth-order valence-electron chi connectivity index (χ4n) is 1.81. The molecule has 6 heteroatoms. The second kappa shape index (κ2) is 7.70. The van der Waals surface area contributed by atoms with Gasteiger partial charge in [0.15, 0.2) is 6.29 Å². The van der Waals surface area contributed by atoms with Crippen LogP contribution in [0.25, 0.3) is 0 Å². The fraction of sp³-hybridized carbons (Fsp3) is 0.538. The molecule has 0 aromatic heterocycles. The van der Waals surface area contributed by atoms with Crippen LogP contribution in [0.1, 0.15) is 25.8 Å². The topological polar surface area (TPSA) is 81.8 Å². The zero-order chi connectivity index (χ0) is 14.3. The van der Waals surface area contributed by atoms with Gasteiger partial charge >= 0.3 is 0 Å². The number of aryl methyl sites for hydroxylation is 1. The Morgan fingerprint density at radius 3 is 2.47 bits per heavy atom. The Bertz CT molecular complexity index is 415. The molecular formula is C13H19NO5. The van der Waals surface area contributed by atoms with E-state index in [1.807, 2.05) is 13.8 Å². The Morgan fingerprint density at radius 2 is 1.95 bits per heavy atom. The number of phenols is 1. The van der Waals surface area contributed by atoms with Gasteiger partial charge in [0, 0.05) is 31.3 Å². The van der Waals surface area contributed by atoms with Crippen molar-refractivity contribution in [1.29, 1.82) is 0 Å². The van der Waals surface area contributed by atoms with Crippen LogP contribution in [0.2, 0.25) is 0 Å². The maximum atomic E-state index is 10.9. The van der Waals surface area contributed by atoms with E-state index in [1.165, 1.54) is 18.2 Å². The number of aromatic hydroxyl groups is 1. The third-order valence-corrected chi connectivity index (χ3v) is 2.61. The van der Waals surface area contributed by atoms with Crippen LogP contribution in [-0.2, 0) is 15.9 Å². The van der Waals surface area contributed by atoms with Crippen LogP contribution in [0.4, 0.5) is 5.69 Å². The summed E-state index contributed by atoms with van der Waals surface area (Å²) in [6.45, 7) is 4.77. The lowest BCUT2D eigenvalue weighted by Gasteiger charge is -2.16. The Labute approximate surface area is 112 Å². The highest BCUT2D eigenvalue weighted by atomic mass is 16.7. The van der Waals surface area contributed by atoms with E-state index in [4.69, 9.17) is 9.47 Å². The summed E-state index contributed by atoms with van der Waals surface area (Å²) in [7, 11) is 0. The molecule has 0 aliphatic heterocycles. The standard InChI is InChI=1S/C13H19NO5/c1-3-18-13(19-4-2)8-5-10-9-11(15)6-7-12(10)14(16)17/h6-7,9,13,15H,3-5,8H2,1-2H3. The zero-order valence-corrected chi connectivity index (χ0v) is 11.2. The number of nitro groups is 1. The predicted octanol–water partition coefficient (Wildman–Crippen LogP) is 2.63. The van der Waals surface area contributed by atoms with Crippen LogP contribution in [0.3, 0.4) is 0 Å². The SMILES string of the molecule is CCOC(CCc1cc(O)ccc1[N+](=O)[O-])OCC. The Balaban J connectivity index is 2.74. The van der Waals surface area contributed by atoms with E-state index in [-0.39, 0.29) is 17.7 Å². The van der Waals surface area contributed by atoms with Crippen molar-refractivity contribution in [3.8, 4) is 5.75 Å². The average molecular weight is 269 g/mol. The van der Waals surface area contributed by atoms with Gasteiger partial charge in [0.05, 0.1) is 4.92 Å². The van der Waals surface area contributed by atoms with Gasteiger partial charge in [0.2, 0.25) is 0 Å². The molecule has 19 heavy (non-hydrogen) atoms. The summed E-state index contributed by atoms with van der Waals surface area (Å²) < 4.78 is 10.8. The van der Waals surface area contributed by atoms with Gasteiger partial charge in [0.25, 0.3) is 5.69 Å². The molecule has 1 aromatic carbocycles. The lowest BCUT2D eigenvalue weighted by atomic mass is 10.1. The van der Waals surface area contributed by atoms with Crippen molar-refractivity contribution in [2.45, 2.75) is 33.0 Å². The highest BCUT2D eigenvalue weighted by Gasteiger charge is 2.16. The fourth-order valence-corrected chi connectivity index (χ4v) is 1.81. The highest BCUT2D eigenvalue weighted by molar-refractivity contribution is 5.44. The van der Waals surface area contributed by atoms with E-state index in [0.717, 1.165) is 0 Å². The number of hydrogen-bond acceptors (Lipinski definition) is 5. The maximum Gasteiger partial charge on any atom is 0.272 e. The first kappa shape index (κ1) is 15.4. The van der Waals surface area contributed by atoms with Crippen molar-refractivity contribution in [2.75, 3.05) is 13.2 Å². The number of nitrogens with zero attached hydrogens (tertiary/aromatic N) is 1. The van der Waals surface area contributed by atoms with Crippen LogP contribution < -0.4 is 0 Å². The average Bonchev–Trinajstić information content (AvgIpc) is 2.36. The van der Waals surface area contributed by atoms with Gasteiger partial charge in [-0.05, 0) is 32.4 Å². The monoisotopic (exact) mass is 269 g/mol. The van der Waals surface area contributed by atoms with Crippen molar-refractivity contribution in [3.05, 3.63) is 33.9 Å². The Hall–Kier alpha value is -1.66. The zero-order valence-electron chi connectivity index (χ0n) is 11.2. The minimum Gasteiger partial charge on any atom is -0.508 e. The van der Waals surface area contributed by atoms with Crippen molar-refractivity contribution >= 4 is 5.69 Å². The Morgan fingerprint density at radius 1 is 1.32 bits per heavy atom. The number of rotatable bonds is 8. The minimum absolute atomic E-state index is 0.00421. The van der Waals surface area contributed by atoms with Gasteiger partial charge in [-0.15, -0.1) is 0 Å². The highest BCUT2D eigenvalue weighted by Crippen LogP contribution is 2.25. The molecule has 0 amide bonds. The van der Waals surface area contributed by atoms with Gasteiger partial charge < -0.3 is 14.6 Å². The van der Waals surface area contributed by atoms with E-state index in [9.17, 15) is 15.2 Å². The molecule has 1 aromatic rings. The minimum atomic E-state index is -0.453. The summed E-state index contributed by atoms with van der Waals surface area (Å²) in [4.78, 5) is 10.4. The summed E-state index contributed by atoms with van der Waals surface area (Å²) in [5.74, 6) is 0.0185. The van der Waals surface area contributed by atoms with Gasteiger partial charge in [-0.25, -0.2) is 0 Å². The van der Waals surface area contributed by atoms with E-state index >= 15 is 0 Å². The lowest BCUT2D eigenvalue weighted by Crippen LogP contribution is -2.18. The molecule has 0 radical (unpaired) electrons. The molecule has 6 nitrogen and oxygen atoms in total. The number of nitro benzene ring substituents is 1. The number of phenolic OH excluding ortho intramolecular Hbond substituents is 1. The van der Waals surface area contributed by atoms with E-state index in [0.29, 0.717) is 31.6 Å². The van der Waals surface area contributed by atoms with Crippen LogP contribution in [0.15, 0.2) is 18.2 Å². The largest absolute Gasteiger partial charge is 0.508 e. The molecule has 0 spiro atoms. The Kier molecular flexibility index (Phi) is 6.24. The van der Waals surface area contributed by atoms with E-state index < -0.39 is 4.92 Å². The van der Waals surface area contributed by atoms with Crippen LogP contribution in [-0.4, -0.2) is 29.5 Å². The molecule has 0 saturated carbocycles. The van der Waals surface area contributed by atoms with Crippen molar-refractivity contribution in [3.63, 3.8) is 0 Å². The predicted molar refractivity (Wildman–Crippen MR) is 70.1 cm³/mol. The second-order valence-electron chi connectivity index (χ2n) is 3.95. The molecule has 0 fully saturated rings. The molecular weight excluding hydrogens is 250 g/mol. The number of benzene rings is 1. The van der Waals surface area contributed by atoms with Crippen molar-refractivity contribution < 1.29 is 19.5 Å². The normalized spacial score (nSPS) is 10.9. The molecule has 0 atom stereocenters. The third-order valence-electron chi connectivity index (χ3n) is 2.61. The van der Waals surface area contributed by atoms with Gasteiger partial charge in [-0.3, -0.25) is 10.1 Å². The summed E-state index contributed by atoms with van der Waals surface area (Å²) in [5, 5.41) is 20.3. The first-order valence-corrected chi connectivity index (χ1v) is 6.28. The molecule has 0 aliphatic carbocycles. The molecule has 1 rings (SSSR count). The third kappa shape index (κ3) is 4.84. The van der Waals surface area contributed by atoms with E-state index in [1.54, 1.807) is 0 Å². The quantitative estimate of drug-likeness (QED) is 0.445. The summed E-state index contributed by atoms with van der Waals surface area (Å²) >= 11 is 0. The molecule has 0 unspecified atom stereocenters. The van der Waals surface area contributed by atoms with Gasteiger partial charge in [0.1, 0.15) is 5.75 Å². The van der Waals surface area contributed by atoms with Gasteiger partial charge in [-0.1, -0.05) is 0 Å². The molecule has 0 bridgehead atoms.